The minimum Gasteiger partial charge on any atom is -0.119 e. The highest BCUT2D eigenvalue weighted by Crippen LogP contribution is 2.12. The van der Waals surface area contributed by atoms with Crippen molar-refractivity contribution in [1.82, 2.24) is 0 Å². The first-order chi connectivity index (χ1) is 5.29. The Kier molecular flexibility index (Phi) is 2.26. The van der Waals surface area contributed by atoms with Crippen LogP contribution in [0, 0.1) is 30.6 Å². The molecule has 0 nitrogen and oxygen atoms in total. The molecule has 0 spiro atoms. The van der Waals surface area contributed by atoms with E-state index < -0.39 is 0 Å². The predicted octanol–water partition coefficient (Wildman–Crippen LogP) is 0.171. The molecule has 0 radical (unpaired) electrons. The second kappa shape index (κ2) is 3.19. The van der Waals surface area contributed by atoms with Gasteiger partial charge in [-0.2, -0.15) is 0 Å². The van der Waals surface area contributed by atoms with Crippen LogP contribution in [0.5, 0.6) is 0 Å². The fourth-order valence-corrected chi connectivity index (χ4v) is 1.42. The van der Waals surface area contributed by atoms with Crippen LogP contribution in [0.3, 0.4) is 0 Å². The standard InChI is InChI=1S/C10H8Si/c1-3-8-6-5-7-9(4-2)10(8)11/h1-2,5-8H,11H2. The summed E-state index contributed by atoms with van der Waals surface area (Å²) >= 11 is 0. The molecule has 0 aromatic carbocycles. The molecule has 1 aliphatic carbocycles. The summed E-state index contributed by atoms with van der Waals surface area (Å²) in [6.45, 7) is 0. The van der Waals surface area contributed by atoms with E-state index in [0.29, 0.717) is 0 Å². The molecule has 1 heteroatoms. The maximum atomic E-state index is 5.30. The third-order valence-corrected chi connectivity index (χ3v) is 2.44. The molecule has 0 aromatic rings. The van der Waals surface area contributed by atoms with Gasteiger partial charge >= 0.3 is 0 Å². The monoisotopic (exact) mass is 156 g/mol. The highest BCUT2D eigenvalue weighted by molar-refractivity contribution is 6.46. The van der Waals surface area contributed by atoms with Gasteiger partial charge in [-0.3, -0.25) is 0 Å². The van der Waals surface area contributed by atoms with E-state index in [9.17, 15) is 0 Å². The molecule has 11 heavy (non-hydrogen) atoms. The van der Waals surface area contributed by atoms with Gasteiger partial charge in [0.25, 0.3) is 0 Å². The number of hydrogen-bond donors (Lipinski definition) is 0. The van der Waals surface area contributed by atoms with E-state index in [-0.39, 0.29) is 5.92 Å². The quantitative estimate of drug-likeness (QED) is 0.346. The van der Waals surface area contributed by atoms with Crippen LogP contribution in [0.4, 0.5) is 0 Å². The van der Waals surface area contributed by atoms with Crippen LogP contribution in [-0.4, -0.2) is 15.0 Å². The summed E-state index contributed by atoms with van der Waals surface area (Å²) < 4.78 is 0. The van der Waals surface area contributed by atoms with Crippen molar-refractivity contribution in [2.45, 2.75) is 0 Å². The molecule has 0 amide bonds. The van der Waals surface area contributed by atoms with Gasteiger partial charge in [0.2, 0.25) is 0 Å². The van der Waals surface area contributed by atoms with Gasteiger partial charge < -0.3 is 0 Å². The first-order valence-electron chi connectivity index (χ1n) is 3.30. The SMILES string of the molecule is C#CC1=CC=CC(C#C)C1=[SiH2]. The second-order valence-corrected chi connectivity index (χ2v) is 3.04. The van der Waals surface area contributed by atoms with E-state index in [2.05, 4.69) is 11.8 Å². The molecule has 0 aromatic heterocycles. The fraction of sp³-hybridized carbons (Fsp3) is 0.100. The van der Waals surface area contributed by atoms with E-state index in [1.165, 1.54) is 0 Å². The molecule has 0 fully saturated rings. The molecule has 1 unspecified atom stereocenters. The molecule has 1 atom stereocenters. The predicted molar refractivity (Wildman–Crippen MR) is 51.9 cm³/mol. The van der Waals surface area contributed by atoms with Gasteiger partial charge in [0.15, 0.2) is 0 Å². The molecular weight excluding hydrogens is 148 g/mol. The molecule has 0 saturated heterocycles. The summed E-state index contributed by atoms with van der Waals surface area (Å²) in [7, 11) is 1.77. The van der Waals surface area contributed by atoms with Crippen LogP contribution < -0.4 is 0 Å². The van der Waals surface area contributed by atoms with E-state index in [1.54, 1.807) is 9.85 Å². The molecule has 52 valence electrons. The maximum absolute atomic E-state index is 5.30. The zero-order chi connectivity index (χ0) is 8.27. The third-order valence-electron chi connectivity index (χ3n) is 1.62. The van der Waals surface area contributed by atoms with Crippen LogP contribution in [-0.2, 0) is 0 Å². The van der Waals surface area contributed by atoms with Crippen molar-refractivity contribution in [3.05, 3.63) is 23.8 Å². The van der Waals surface area contributed by atoms with Crippen molar-refractivity contribution in [3.8, 4) is 24.7 Å². The lowest BCUT2D eigenvalue weighted by Crippen LogP contribution is -2.15. The van der Waals surface area contributed by atoms with Crippen molar-refractivity contribution in [3.63, 3.8) is 0 Å². The molecule has 1 aliphatic rings. The van der Waals surface area contributed by atoms with Crippen molar-refractivity contribution < 1.29 is 0 Å². The molecule has 0 heterocycles. The van der Waals surface area contributed by atoms with E-state index in [0.717, 1.165) is 10.7 Å². The molecule has 0 saturated carbocycles. The van der Waals surface area contributed by atoms with Crippen molar-refractivity contribution in [2.75, 3.05) is 0 Å². The number of hydrogen-bond acceptors (Lipinski definition) is 0. The summed E-state index contributed by atoms with van der Waals surface area (Å²) in [6, 6.07) is 0. The van der Waals surface area contributed by atoms with Gasteiger partial charge in [0.05, 0.1) is 5.92 Å². The summed E-state index contributed by atoms with van der Waals surface area (Å²) in [5.41, 5.74) is 0.925. The molecule has 1 rings (SSSR count). The minimum absolute atomic E-state index is 0.101. The van der Waals surface area contributed by atoms with Crippen LogP contribution in [0.15, 0.2) is 23.8 Å². The summed E-state index contributed by atoms with van der Waals surface area (Å²) in [5.74, 6) is 5.37. The third kappa shape index (κ3) is 1.39. The lowest BCUT2D eigenvalue weighted by Gasteiger charge is -2.12. The Balaban J connectivity index is 2.99. The smallest absolute Gasteiger partial charge is 0.0596 e. The fourth-order valence-electron chi connectivity index (χ4n) is 0.951. The van der Waals surface area contributed by atoms with Crippen molar-refractivity contribution in [1.29, 1.82) is 0 Å². The molecule has 0 N–H and O–H groups in total. The van der Waals surface area contributed by atoms with Gasteiger partial charge in [0.1, 0.15) is 0 Å². The highest BCUT2D eigenvalue weighted by atomic mass is 28.1. The molecular formula is C10H8Si. The van der Waals surface area contributed by atoms with Crippen LogP contribution in [0.1, 0.15) is 0 Å². The zero-order valence-corrected chi connectivity index (χ0v) is 7.59. The Morgan fingerprint density at radius 3 is 2.73 bits per heavy atom. The Hall–Kier alpha value is -1.31. The first-order valence-corrected chi connectivity index (χ1v) is 4.00. The highest BCUT2D eigenvalue weighted by Gasteiger charge is 2.10. The Morgan fingerprint density at radius 1 is 1.45 bits per heavy atom. The van der Waals surface area contributed by atoms with E-state index in [4.69, 9.17) is 12.8 Å². The summed E-state index contributed by atoms with van der Waals surface area (Å²) in [6.07, 6.45) is 16.4. The molecule has 0 aliphatic heterocycles. The Labute approximate surface area is 70.0 Å². The van der Waals surface area contributed by atoms with Crippen molar-refractivity contribution >= 4 is 15.0 Å². The summed E-state index contributed by atoms with van der Waals surface area (Å²) in [5, 5.41) is 1.12. The van der Waals surface area contributed by atoms with Crippen LogP contribution in [0.25, 0.3) is 0 Å². The Morgan fingerprint density at radius 2 is 2.18 bits per heavy atom. The van der Waals surface area contributed by atoms with Gasteiger partial charge in [-0.05, 0) is 21.1 Å². The normalized spacial score (nSPS) is 21.8. The van der Waals surface area contributed by atoms with Crippen LogP contribution in [0.2, 0.25) is 0 Å². The average molecular weight is 156 g/mol. The number of allylic oxidation sites excluding steroid dienone is 4. The maximum Gasteiger partial charge on any atom is 0.0596 e. The zero-order valence-electron chi connectivity index (χ0n) is 6.17. The molecule has 0 bridgehead atoms. The van der Waals surface area contributed by atoms with Crippen LogP contribution >= 0.6 is 0 Å². The van der Waals surface area contributed by atoms with Gasteiger partial charge in [0, 0.05) is 5.57 Å². The first kappa shape index (κ1) is 7.79. The minimum atomic E-state index is 0.101. The lowest BCUT2D eigenvalue weighted by atomic mass is 9.95. The number of rotatable bonds is 0. The van der Waals surface area contributed by atoms with Crippen molar-refractivity contribution in [2.24, 2.45) is 5.92 Å². The average Bonchev–Trinajstić information content (AvgIpc) is 2.05. The van der Waals surface area contributed by atoms with Gasteiger partial charge in [-0.15, -0.1) is 12.8 Å². The Bertz CT molecular complexity index is 318. The summed E-state index contributed by atoms with van der Waals surface area (Å²) in [4.78, 5) is 0. The number of terminal acetylenes is 2. The van der Waals surface area contributed by atoms with Gasteiger partial charge in [-0.1, -0.05) is 24.0 Å². The second-order valence-electron chi connectivity index (χ2n) is 2.28. The lowest BCUT2D eigenvalue weighted by molar-refractivity contribution is 1.20. The largest absolute Gasteiger partial charge is 0.119 e. The van der Waals surface area contributed by atoms with Gasteiger partial charge in [-0.25, -0.2) is 0 Å². The van der Waals surface area contributed by atoms with E-state index in [1.807, 2.05) is 18.2 Å². The topological polar surface area (TPSA) is 0 Å². The van der Waals surface area contributed by atoms with E-state index >= 15 is 0 Å².